The van der Waals surface area contributed by atoms with Crippen molar-refractivity contribution < 1.29 is 14.3 Å². The molecule has 7 heteroatoms. The second kappa shape index (κ2) is 7.29. The maximum Gasteiger partial charge on any atom is 0.186 e. The van der Waals surface area contributed by atoms with Crippen LogP contribution in [0.2, 0.25) is 0 Å². The van der Waals surface area contributed by atoms with E-state index in [2.05, 4.69) is 11.2 Å². The third-order valence-corrected chi connectivity index (χ3v) is 6.56. The van der Waals surface area contributed by atoms with Gasteiger partial charge in [0.05, 0.1) is 17.8 Å². The minimum absolute atomic E-state index is 0.0503. The number of methoxy groups -OCH3 is 1. The maximum atomic E-state index is 12.7. The van der Waals surface area contributed by atoms with E-state index in [1.165, 1.54) is 12.8 Å². The van der Waals surface area contributed by atoms with Gasteiger partial charge in [0.25, 0.3) is 0 Å². The lowest BCUT2D eigenvalue weighted by Crippen LogP contribution is -2.14. The molecule has 3 aromatic heterocycles. The quantitative estimate of drug-likeness (QED) is 0.588. The molecule has 1 aliphatic heterocycles. The van der Waals surface area contributed by atoms with E-state index < -0.39 is 0 Å². The van der Waals surface area contributed by atoms with Gasteiger partial charge in [0, 0.05) is 49.2 Å². The monoisotopic (exact) mass is 397 g/mol. The fourth-order valence-electron chi connectivity index (χ4n) is 3.79. The molecule has 0 amide bonds. The van der Waals surface area contributed by atoms with Crippen molar-refractivity contribution >= 4 is 22.8 Å². The van der Waals surface area contributed by atoms with Crippen molar-refractivity contribution in [1.29, 1.82) is 0 Å². The molecule has 0 unspecified atom stereocenters. The van der Waals surface area contributed by atoms with Gasteiger partial charge in [-0.1, -0.05) is 0 Å². The number of pyridine rings is 1. The fraction of sp³-hybridized carbons (Fsp3) is 0.476. The summed E-state index contributed by atoms with van der Waals surface area (Å²) in [4.78, 5) is 22.1. The van der Waals surface area contributed by atoms with E-state index in [1.54, 1.807) is 18.4 Å². The van der Waals surface area contributed by atoms with Gasteiger partial charge >= 0.3 is 0 Å². The van der Waals surface area contributed by atoms with Crippen LogP contribution in [-0.2, 0) is 11.2 Å². The highest BCUT2D eigenvalue weighted by molar-refractivity contribution is 7.10. The number of fused-ring (bicyclic) bond motifs is 1. The van der Waals surface area contributed by atoms with Gasteiger partial charge in [-0.2, -0.15) is 0 Å². The summed E-state index contributed by atoms with van der Waals surface area (Å²) in [5, 5.41) is 3.00. The third kappa shape index (κ3) is 3.44. The largest absolute Gasteiger partial charge is 0.493 e. The van der Waals surface area contributed by atoms with Crippen molar-refractivity contribution in [3.63, 3.8) is 0 Å². The van der Waals surface area contributed by atoms with Gasteiger partial charge in [0.1, 0.15) is 5.69 Å². The van der Waals surface area contributed by atoms with E-state index in [-0.39, 0.29) is 5.78 Å². The highest BCUT2D eigenvalue weighted by Gasteiger charge is 2.27. The summed E-state index contributed by atoms with van der Waals surface area (Å²) in [6.45, 7) is 1.57. The Labute approximate surface area is 167 Å². The molecule has 1 saturated carbocycles. The summed E-state index contributed by atoms with van der Waals surface area (Å²) in [5.74, 6) is 1.74. The van der Waals surface area contributed by atoms with Crippen LogP contribution in [0.5, 0.6) is 5.75 Å². The van der Waals surface area contributed by atoms with Crippen LogP contribution in [0.15, 0.2) is 23.8 Å². The Kier molecular flexibility index (Phi) is 4.64. The molecule has 2 fully saturated rings. The Bertz CT molecular complexity index is 1020. The minimum atomic E-state index is 0.0503. The lowest BCUT2D eigenvalue weighted by Gasteiger charge is -2.19. The summed E-state index contributed by atoms with van der Waals surface area (Å²) in [5.41, 5.74) is 3.36. The molecule has 1 saturated heterocycles. The van der Waals surface area contributed by atoms with E-state index in [0.717, 1.165) is 48.0 Å². The van der Waals surface area contributed by atoms with Gasteiger partial charge in [0.15, 0.2) is 17.2 Å². The smallest absolute Gasteiger partial charge is 0.186 e. The van der Waals surface area contributed by atoms with Crippen LogP contribution in [0, 0.1) is 0 Å². The molecule has 6 nitrogen and oxygen atoms in total. The lowest BCUT2D eigenvalue weighted by atomic mass is 9.97. The number of hydrogen-bond donors (Lipinski definition) is 0. The first kappa shape index (κ1) is 17.8. The number of aromatic nitrogens is 3. The maximum absolute atomic E-state index is 12.7. The third-order valence-electron chi connectivity index (χ3n) is 5.55. The second-order valence-electron chi connectivity index (χ2n) is 7.65. The van der Waals surface area contributed by atoms with Crippen LogP contribution in [0.4, 0.5) is 0 Å². The van der Waals surface area contributed by atoms with Crippen molar-refractivity contribution in [3.05, 3.63) is 45.8 Å². The molecular weight excluding hydrogens is 374 g/mol. The van der Waals surface area contributed by atoms with Gasteiger partial charge in [0.2, 0.25) is 0 Å². The molecule has 0 atom stereocenters. The molecule has 0 bridgehead atoms. The molecule has 146 valence electrons. The number of nitrogens with zero attached hydrogens (tertiary/aromatic N) is 3. The van der Waals surface area contributed by atoms with E-state index in [1.807, 2.05) is 22.0 Å². The predicted octanol–water partition coefficient (Wildman–Crippen LogP) is 4.00. The number of imidazole rings is 1. The summed E-state index contributed by atoms with van der Waals surface area (Å²) in [7, 11) is 1.64. The first-order valence-electron chi connectivity index (χ1n) is 9.83. The molecule has 4 heterocycles. The number of hydrogen-bond acceptors (Lipinski definition) is 6. The number of carbonyl (C=O) groups is 1. The zero-order valence-electron chi connectivity index (χ0n) is 15.9. The number of ketones is 1. The van der Waals surface area contributed by atoms with Crippen molar-refractivity contribution in [3.8, 4) is 5.75 Å². The molecule has 1 aliphatic carbocycles. The van der Waals surface area contributed by atoms with E-state index in [0.29, 0.717) is 29.7 Å². The molecule has 0 aromatic carbocycles. The Balaban J connectivity index is 1.41. The Morgan fingerprint density at radius 2 is 2.04 bits per heavy atom. The van der Waals surface area contributed by atoms with E-state index >= 15 is 0 Å². The predicted molar refractivity (Wildman–Crippen MR) is 107 cm³/mol. The molecule has 5 rings (SSSR count). The summed E-state index contributed by atoms with van der Waals surface area (Å²) in [6, 6.07) is 1.92. The van der Waals surface area contributed by atoms with Crippen molar-refractivity contribution in [1.82, 2.24) is 14.4 Å². The van der Waals surface area contributed by atoms with Gasteiger partial charge in [-0.25, -0.2) is 9.97 Å². The number of thiazole rings is 1. The summed E-state index contributed by atoms with van der Waals surface area (Å²) >= 11 is 1.61. The SMILES string of the molecule is COc1cc(CC(=O)c2csc(C3CC3)n2)cn2cc(C3CCOCC3)nc12. The average Bonchev–Trinajstić information content (AvgIpc) is 3.28. The standard InChI is InChI=1S/C21H23N3O3S/c1-26-19-9-13(8-18(25)17-12-28-21(23-17)15-2-3-15)10-24-11-16(22-20(19)24)14-4-6-27-7-5-14/h9-12,14-15H,2-8H2,1H3. The topological polar surface area (TPSA) is 65.7 Å². The van der Waals surface area contributed by atoms with Crippen LogP contribution < -0.4 is 4.74 Å². The number of carbonyl (C=O) groups excluding carboxylic acids is 1. The Hall–Kier alpha value is -2.25. The van der Waals surface area contributed by atoms with E-state index in [4.69, 9.17) is 14.5 Å². The second-order valence-corrected chi connectivity index (χ2v) is 8.53. The van der Waals surface area contributed by atoms with Crippen molar-refractivity contribution in [2.24, 2.45) is 0 Å². The Morgan fingerprint density at radius 1 is 1.21 bits per heavy atom. The summed E-state index contributed by atoms with van der Waals surface area (Å²) < 4.78 is 13.0. The average molecular weight is 398 g/mol. The van der Waals surface area contributed by atoms with Crippen LogP contribution in [0.1, 0.15) is 64.3 Å². The molecule has 2 aliphatic rings. The van der Waals surface area contributed by atoms with E-state index in [9.17, 15) is 4.79 Å². The van der Waals surface area contributed by atoms with Gasteiger partial charge in [-0.05, 0) is 37.3 Å². The Morgan fingerprint density at radius 3 is 2.79 bits per heavy atom. The zero-order valence-corrected chi connectivity index (χ0v) is 16.7. The number of ether oxygens (including phenoxy) is 2. The number of Topliss-reactive ketones (excluding diaryl/α,β-unsaturated/α-hetero) is 1. The highest BCUT2D eigenvalue weighted by atomic mass is 32.1. The number of rotatable bonds is 6. The van der Waals surface area contributed by atoms with Gasteiger partial charge in [-0.3, -0.25) is 4.79 Å². The molecule has 28 heavy (non-hydrogen) atoms. The summed E-state index contributed by atoms with van der Waals surface area (Å²) in [6.07, 6.45) is 8.74. The molecule has 0 spiro atoms. The lowest BCUT2D eigenvalue weighted by molar-refractivity contribution is 0.0846. The molecule has 0 N–H and O–H groups in total. The first-order chi connectivity index (χ1) is 13.7. The van der Waals surface area contributed by atoms with Crippen LogP contribution in [-0.4, -0.2) is 40.5 Å². The zero-order chi connectivity index (χ0) is 19.1. The van der Waals surface area contributed by atoms with Gasteiger partial charge < -0.3 is 13.9 Å². The van der Waals surface area contributed by atoms with Crippen molar-refractivity contribution in [2.45, 2.75) is 43.9 Å². The highest BCUT2D eigenvalue weighted by Crippen LogP contribution is 2.41. The van der Waals surface area contributed by atoms with Crippen LogP contribution in [0.3, 0.4) is 0 Å². The first-order valence-corrected chi connectivity index (χ1v) is 10.7. The van der Waals surface area contributed by atoms with Crippen LogP contribution >= 0.6 is 11.3 Å². The molecule has 3 aromatic rings. The normalized spacial score (nSPS) is 17.9. The molecule has 0 radical (unpaired) electrons. The fourth-order valence-corrected chi connectivity index (χ4v) is 4.78. The minimum Gasteiger partial charge on any atom is -0.493 e. The van der Waals surface area contributed by atoms with Crippen molar-refractivity contribution in [2.75, 3.05) is 20.3 Å². The van der Waals surface area contributed by atoms with Crippen LogP contribution in [0.25, 0.3) is 5.65 Å². The van der Waals surface area contributed by atoms with Gasteiger partial charge in [-0.15, -0.1) is 11.3 Å². The molecular formula is C21H23N3O3S.